The molecule has 1 saturated heterocycles. The van der Waals surface area contributed by atoms with Gasteiger partial charge in [-0.3, -0.25) is 19.5 Å². The van der Waals surface area contributed by atoms with Crippen molar-refractivity contribution in [1.29, 1.82) is 0 Å². The molecule has 0 spiro atoms. The van der Waals surface area contributed by atoms with E-state index in [2.05, 4.69) is 4.98 Å². The number of hydrogen-bond donors (Lipinski definition) is 1. The number of Topliss-reactive ketones (excluding diaryl/α,β-unsaturated/α-hetero) is 1. The first-order valence-corrected chi connectivity index (χ1v) is 10.9. The van der Waals surface area contributed by atoms with Crippen molar-refractivity contribution in [2.75, 3.05) is 11.5 Å². The fraction of sp³-hybridized carbons (Fsp3) is 0.222. The van der Waals surface area contributed by atoms with Gasteiger partial charge in [0.25, 0.3) is 11.7 Å². The monoisotopic (exact) mass is 442 g/mol. The van der Waals surface area contributed by atoms with Crippen molar-refractivity contribution in [2.45, 2.75) is 33.2 Å². The van der Waals surface area contributed by atoms with Crippen LogP contribution in [0.5, 0.6) is 5.75 Å². The number of benzene rings is 2. The minimum absolute atomic E-state index is 0.0372. The largest absolute Gasteiger partial charge is 0.507 e. The molecule has 6 nitrogen and oxygen atoms in total. The van der Waals surface area contributed by atoms with Crippen LogP contribution in [0.3, 0.4) is 0 Å². The van der Waals surface area contributed by atoms with Gasteiger partial charge in [0.05, 0.1) is 18.2 Å². The number of carbonyl (C=O) groups is 2. The van der Waals surface area contributed by atoms with Gasteiger partial charge in [-0.25, -0.2) is 0 Å². The number of aliphatic hydroxyl groups is 1. The van der Waals surface area contributed by atoms with E-state index in [9.17, 15) is 14.7 Å². The third kappa shape index (κ3) is 4.24. The molecule has 1 aliphatic heterocycles. The molecule has 4 rings (SSSR count). The Hall–Kier alpha value is -3.93. The zero-order valence-corrected chi connectivity index (χ0v) is 18.9. The van der Waals surface area contributed by atoms with Gasteiger partial charge in [-0.05, 0) is 67.8 Å². The first-order chi connectivity index (χ1) is 15.9. The second-order valence-electron chi connectivity index (χ2n) is 8.12. The van der Waals surface area contributed by atoms with Crippen LogP contribution >= 0.6 is 0 Å². The highest BCUT2D eigenvalue weighted by Gasteiger charge is 2.47. The van der Waals surface area contributed by atoms with E-state index in [0.29, 0.717) is 29.2 Å². The number of carbonyl (C=O) groups excluding carboxylic acids is 2. The minimum Gasteiger partial charge on any atom is -0.507 e. The molecule has 0 bridgehead atoms. The smallest absolute Gasteiger partial charge is 0.300 e. The summed E-state index contributed by atoms with van der Waals surface area (Å²) in [6.07, 6.45) is 4.12. The number of anilines is 1. The van der Waals surface area contributed by atoms with Crippen molar-refractivity contribution in [3.8, 4) is 5.75 Å². The van der Waals surface area contributed by atoms with Crippen LogP contribution in [-0.4, -0.2) is 28.4 Å². The molecular formula is C27H26N2O4. The standard InChI is InChI=1S/C27H26N2O4/c1-4-14-33-21-10-8-19(9-11-21)25(30)23-24(20-6-5-13-28-16-20)29(27(32)26(23)31)22-12-7-17(2)15-18(22)3/h5-13,15-16,24,30H,4,14H2,1-3H3/b25-23+. The van der Waals surface area contributed by atoms with Crippen LogP contribution in [-0.2, 0) is 9.59 Å². The van der Waals surface area contributed by atoms with Crippen LogP contribution in [0.2, 0.25) is 0 Å². The number of nitrogens with zero attached hydrogens (tertiary/aromatic N) is 2. The number of aryl methyl sites for hydroxylation is 2. The van der Waals surface area contributed by atoms with Crippen molar-refractivity contribution in [2.24, 2.45) is 0 Å². The van der Waals surface area contributed by atoms with Crippen molar-refractivity contribution in [1.82, 2.24) is 4.98 Å². The van der Waals surface area contributed by atoms with Gasteiger partial charge in [0.2, 0.25) is 0 Å². The maximum absolute atomic E-state index is 13.2. The Labute approximate surface area is 193 Å². The van der Waals surface area contributed by atoms with E-state index in [0.717, 1.165) is 17.5 Å². The molecule has 168 valence electrons. The SMILES string of the molecule is CCCOc1ccc(/C(O)=C2\C(=O)C(=O)N(c3ccc(C)cc3C)C2c2cccnc2)cc1. The lowest BCUT2D eigenvalue weighted by Crippen LogP contribution is -2.30. The van der Waals surface area contributed by atoms with Gasteiger partial charge in [-0.1, -0.05) is 30.7 Å². The number of ketones is 1. The lowest BCUT2D eigenvalue weighted by Gasteiger charge is -2.26. The molecule has 2 heterocycles. The van der Waals surface area contributed by atoms with Crippen molar-refractivity contribution in [3.05, 3.63) is 94.8 Å². The summed E-state index contributed by atoms with van der Waals surface area (Å²) in [5.41, 5.74) is 3.65. The summed E-state index contributed by atoms with van der Waals surface area (Å²) in [4.78, 5) is 32.1. The van der Waals surface area contributed by atoms with Gasteiger partial charge in [0.15, 0.2) is 0 Å². The molecule has 1 amide bonds. The summed E-state index contributed by atoms with van der Waals surface area (Å²) in [6, 6.07) is 15.3. The van der Waals surface area contributed by atoms with E-state index in [-0.39, 0.29) is 11.3 Å². The first-order valence-electron chi connectivity index (χ1n) is 10.9. The molecule has 1 aromatic heterocycles. The Morgan fingerprint density at radius 2 is 1.85 bits per heavy atom. The van der Waals surface area contributed by atoms with Crippen LogP contribution in [0, 0.1) is 13.8 Å². The molecule has 0 saturated carbocycles. The van der Waals surface area contributed by atoms with Gasteiger partial charge in [-0.2, -0.15) is 0 Å². The average Bonchev–Trinajstić information content (AvgIpc) is 3.08. The van der Waals surface area contributed by atoms with E-state index >= 15 is 0 Å². The molecule has 1 fully saturated rings. The molecule has 0 radical (unpaired) electrons. The predicted molar refractivity (Wildman–Crippen MR) is 127 cm³/mol. The van der Waals surface area contributed by atoms with E-state index in [4.69, 9.17) is 4.74 Å². The van der Waals surface area contributed by atoms with Crippen molar-refractivity contribution in [3.63, 3.8) is 0 Å². The lowest BCUT2D eigenvalue weighted by atomic mass is 9.96. The Morgan fingerprint density at radius 1 is 1.09 bits per heavy atom. The van der Waals surface area contributed by atoms with Crippen LogP contribution in [0.1, 0.15) is 41.6 Å². The van der Waals surface area contributed by atoms with Gasteiger partial charge < -0.3 is 9.84 Å². The van der Waals surface area contributed by atoms with Gasteiger partial charge >= 0.3 is 0 Å². The zero-order valence-electron chi connectivity index (χ0n) is 18.9. The first kappa shape index (κ1) is 22.3. The Balaban J connectivity index is 1.85. The number of pyridine rings is 1. The molecule has 6 heteroatoms. The van der Waals surface area contributed by atoms with Crippen LogP contribution in [0.15, 0.2) is 72.6 Å². The molecule has 1 atom stereocenters. The Bertz CT molecular complexity index is 1220. The molecule has 1 unspecified atom stereocenters. The van der Waals surface area contributed by atoms with Crippen molar-refractivity contribution < 1.29 is 19.4 Å². The minimum atomic E-state index is -0.795. The van der Waals surface area contributed by atoms with Crippen LogP contribution < -0.4 is 9.64 Å². The predicted octanol–water partition coefficient (Wildman–Crippen LogP) is 5.11. The molecule has 0 aliphatic carbocycles. The maximum atomic E-state index is 13.2. The lowest BCUT2D eigenvalue weighted by molar-refractivity contribution is -0.132. The summed E-state index contributed by atoms with van der Waals surface area (Å²) in [7, 11) is 0. The molecular weight excluding hydrogens is 416 g/mol. The molecule has 3 aromatic rings. The average molecular weight is 443 g/mol. The number of rotatable bonds is 6. The highest BCUT2D eigenvalue weighted by molar-refractivity contribution is 6.51. The third-order valence-electron chi connectivity index (χ3n) is 5.66. The zero-order chi connectivity index (χ0) is 23.5. The second kappa shape index (κ2) is 9.28. The highest BCUT2D eigenvalue weighted by atomic mass is 16.5. The second-order valence-corrected chi connectivity index (χ2v) is 8.12. The fourth-order valence-electron chi connectivity index (χ4n) is 4.09. The van der Waals surface area contributed by atoms with Gasteiger partial charge in [0, 0.05) is 23.6 Å². The summed E-state index contributed by atoms with van der Waals surface area (Å²) < 4.78 is 5.61. The topological polar surface area (TPSA) is 79.7 Å². The Kier molecular flexibility index (Phi) is 6.27. The van der Waals surface area contributed by atoms with E-state index < -0.39 is 17.7 Å². The van der Waals surface area contributed by atoms with Gasteiger partial charge in [-0.15, -0.1) is 0 Å². The number of aromatic nitrogens is 1. The highest BCUT2D eigenvalue weighted by Crippen LogP contribution is 2.43. The Morgan fingerprint density at radius 3 is 2.48 bits per heavy atom. The van der Waals surface area contributed by atoms with Crippen LogP contribution in [0.25, 0.3) is 5.76 Å². The number of ether oxygens (including phenoxy) is 1. The quantitative estimate of drug-likeness (QED) is 0.326. The maximum Gasteiger partial charge on any atom is 0.300 e. The summed E-state index contributed by atoms with van der Waals surface area (Å²) >= 11 is 0. The normalized spacial score (nSPS) is 17.4. The third-order valence-corrected chi connectivity index (χ3v) is 5.66. The molecule has 33 heavy (non-hydrogen) atoms. The van der Waals surface area contributed by atoms with E-state index in [1.54, 1.807) is 48.8 Å². The molecule has 1 aliphatic rings. The number of amides is 1. The summed E-state index contributed by atoms with van der Waals surface area (Å²) in [6.45, 7) is 6.48. The van der Waals surface area contributed by atoms with Crippen LogP contribution in [0.4, 0.5) is 5.69 Å². The number of hydrogen-bond acceptors (Lipinski definition) is 5. The van der Waals surface area contributed by atoms with E-state index in [1.165, 1.54) is 4.90 Å². The van der Waals surface area contributed by atoms with E-state index in [1.807, 2.05) is 39.0 Å². The van der Waals surface area contributed by atoms with Gasteiger partial charge in [0.1, 0.15) is 11.5 Å². The number of aliphatic hydroxyl groups excluding tert-OH is 1. The van der Waals surface area contributed by atoms with Crippen molar-refractivity contribution >= 4 is 23.1 Å². The summed E-state index contributed by atoms with van der Waals surface area (Å²) in [5, 5.41) is 11.2. The summed E-state index contributed by atoms with van der Waals surface area (Å²) in [5.74, 6) is -0.961. The fourth-order valence-corrected chi connectivity index (χ4v) is 4.09. The molecule has 2 aromatic carbocycles. The molecule has 1 N–H and O–H groups in total.